The van der Waals surface area contributed by atoms with Crippen molar-refractivity contribution in [1.29, 1.82) is 0 Å². The lowest BCUT2D eigenvalue weighted by atomic mass is 9.99. The molecule has 1 fully saturated rings. The number of amides is 1. The Kier molecular flexibility index (Phi) is 58.3. The van der Waals surface area contributed by atoms with Gasteiger partial charge in [-0.2, -0.15) is 0 Å². The fraction of sp³-hybridized carbons (Fsp3) is 0.787. The molecule has 1 rings (SSSR count). The van der Waals surface area contributed by atoms with E-state index in [9.17, 15) is 35.1 Å². The number of carbonyl (C=O) groups excluding carboxylic acids is 2. The van der Waals surface area contributed by atoms with Crippen molar-refractivity contribution in [1.82, 2.24) is 5.32 Å². The molecule has 1 aliphatic heterocycles. The molecule has 0 radical (unpaired) electrons. The van der Waals surface area contributed by atoms with E-state index in [1.54, 1.807) is 6.08 Å². The molecule has 1 saturated heterocycles. The average molecular weight is 1210 g/mol. The van der Waals surface area contributed by atoms with E-state index in [1.807, 2.05) is 6.08 Å². The topological polar surface area (TPSA) is 175 Å². The quantitative estimate of drug-likeness (QED) is 0.0195. The molecular weight excluding hydrogens is 1070 g/mol. The van der Waals surface area contributed by atoms with Crippen LogP contribution in [0, 0.1) is 0 Å². The van der Waals surface area contributed by atoms with E-state index in [2.05, 4.69) is 99.0 Å². The molecule has 8 unspecified atom stereocenters. The average Bonchev–Trinajstić information content (AvgIpc) is 3.68. The van der Waals surface area contributed by atoms with Crippen LogP contribution in [0.15, 0.2) is 85.1 Å². The van der Waals surface area contributed by atoms with Crippen LogP contribution in [0.1, 0.15) is 316 Å². The van der Waals surface area contributed by atoms with Gasteiger partial charge in [-0.25, -0.2) is 0 Å². The zero-order valence-electron chi connectivity index (χ0n) is 55.4. The lowest BCUT2D eigenvalue weighted by molar-refractivity contribution is -0.305. The van der Waals surface area contributed by atoms with Crippen molar-refractivity contribution < 1.29 is 49.3 Å². The molecule has 0 saturated carbocycles. The number of esters is 1. The summed E-state index contributed by atoms with van der Waals surface area (Å²) in [4.78, 5) is 26.7. The first kappa shape index (κ1) is 80.9. The second-order valence-corrected chi connectivity index (χ2v) is 24.6. The monoisotopic (exact) mass is 1210 g/mol. The predicted molar refractivity (Wildman–Crippen MR) is 361 cm³/mol. The number of hydrogen-bond acceptors (Lipinski definition) is 10. The molecule has 11 nitrogen and oxygen atoms in total. The Bertz CT molecular complexity index is 1720. The van der Waals surface area contributed by atoms with Crippen molar-refractivity contribution in [3.63, 3.8) is 0 Å². The van der Waals surface area contributed by atoms with Gasteiger partial charge in [-0.15, -0.1) is 0 Å². The number of aliphatic hydroxyl groups is 5. The number of nitrogens with one attached hydrogen (secondary N) is 1. The predicted octanol–water partition coefficient (Wildman–Crippen LogP) is 18.5. The van der Waals surface area contributed by atoms with Crippen LogP contribution in [-0.2, 0) is 23.8 Å². The van der Waals surface area contributed by atoms with Gasteiger partial charge < -0.3 is 45.1 Å². The second-order valence-electron chi connectivity index (χ2n) is 24.6. The molecule has 0 spiro atoms. The van der Waals surface area contributed by atoms with Crippen LogP contribution >= 0.6 is 0 Å². The smallest absolute Gasteiger partial charge is 0.306 e. The Morgan fingerprint density at radius 2 is 0.802 bits per heavy atom. The molecule has 0 aromatic rings. The van der Waals surface area contributed by atoms with Crippen LogP contribution < -0.4 is 5.32 Å². The van der Waals surface area contributed by atoms with Crippen LogP contribution in [0.3, 0.4) is 0 Å². The lowest BCUT2D eigenvalue weighted by Gasteiger charge is -2.41. The first-order valence-electron chi connectivity index (χ1n) is 35.9. The van der Waals surface area contributed by atoms with E-state index in [-0.39, 0.29) is 19.4 Å². The Morgan fingerprint density at radius 1 is 0.453 bits per heavy atom. The number of allylic oxidation sites excluding steroid dienone is 13. The summed E-state index contributed by atoms with van der Waals surface area (Å²) in [5.41, 5.74) is 0. The minimum absolute atomic E-state index is 0.107. The van der Waals surface area contributed by atoms with Gasteiger partial charge in [0.05, 0.1) is 25.4 Å². The van der Waals surface area contributed by atoms with Crippen molar-refractivity contribution in [2.45, 2.75) is 365 Å². The number of aliphatic hydroxyl groups excluding tert-OH is 5. The number of rotatable bonds is 61. The van der Waals surface area contributed by atoms with Gasteiger partial charge in [-0.1, -0.05) is 292 Å². The van der Waals surface area contributed by atoms with Gasteiger partial charge in [0.2, 0.25) is 5.91 Å². The maximum atomic E-state index is 13.5. The molecule has 11 heteroatoms. The Balaban J connectivity index is 2.57. The molecule has 86 heavy (non-hydrogen) atoms. The van der Waals surface area contributed by atoms with E-state index in [4.69, 9.17) is 14.2 Å². The zero-order valence-corrected chi connectivity index (χ0v) is 55.4. The van der Waals surface area contributed by atoms with Gasteiger partial charge in [0, 0.05) is 6.42 Å². The summed E-state index contributed by atoms with van der Waals surface area (Å²) in [5.74, 6) is -1.20. The zero-order chi connectivity index (χ0) is 62.4. The van der Waals surface area contributed by atoms with Gasteiger partial charge >= 0.3 is 5.97 Å². The minimum Gasteiger partial charge on any atom is -0.454 e. The highest BCUT2D eigenvalue weighted by atomic mass is 16.7. The molecule has 1 amide bonds. The highest BCUT2D eigenvalue weighted by Crippen LogP contribution is 2.26. The van der Waals surface area contributed by atoms with Gasteiger partial charge in [0.1, 0.15) is 24.4 Å². The summed E-state index contributed by atoms with van der Waals surface area (Å²) in [6.45, 7) is 5.75. The summed E-state index contributed by atoms with van der Waals surface area (Å²) in [5, 5.41) is 57.2. The van der Waals surface area contributed by atoms with E-state index in [1.165, 1.54) is 167 Å². The minimum atomic E-state index is -1.62. The third-order valence-electron chi connectivity index (χ3n) is 16.5. The van der Waals surface area contributed by atoms with E-state index >= 15 is 0 Å². The summed E-state index contributed by atoms with van der Waals surface area (Å²) in [6, 6.07) is -1.03. The fourth-order valence-electron chi connectivity index (χ4n) is 10.8. The summed E-state index contributed by atoms with van der Waals surface area (Å²) >= 11 is 0. The number of carbonyl (C=O) groups is 2. The standard InChI is InChI=1S/C75H133NO10/c1-4-7-10-13-16-19-22-25-27-29-31-32-33-34-35-36-37-39-40-42-44-47-50-53-56-59-62-68(79)74(83)76-66(67(78)61-58-55-52-49-46-24-21-18-15-12-9-6-3)65-84-75-73(72(82)71(81)69(64-77)85-75)86-70(80)63-60-57-54-51-48-45-43-41-38-30-28-26-23-20-17-14-11-8-5-2/h16-17,19-20,25-28,31-32,38,41,58,61,66-69,71-73,75,77-79,81-82H,4-15,18,21-24,29-30,33-37,39-40,42-57,59-60,62-65H2,1-3H3,(H,76,83)/b19-16-,20-17-,27-25-,28-26-,32-31-,41-38-,61-58+. The fourth-order valence-corrected chi connectivity index (χ4v) is 10.8. The number of hydrogen-bond donors (Lipinski definition) is 6. The van der Waals surface area contributed by atoms with Gasteiger partial charge in [0.15, 0.2) is 12.4 Å². The Morgan fingerprint density at radius 3 is 1.22 bits per heavy atom. The molecule has 0 aromatic heterocycles. The molecule has 0 aliphatic carbocycles. The number of unbranched alkanes of at least 4 members (excludes halogenated alkanes) is 35. The van der Waals surface area contributed by atoms with Crippen LogP contribution in [0.2, 0.25) is 0 Å². The van der Waals surface area contributed by atoms with Gasteiger partial charge in [0.25, 0.3) is 0 Å². The maximum Gasteiger partial charge on any atom is 0.306 e. The van der Waals surface area contributed by atoms with Gasteiger partial charge in [-0.3, -0.25) is 9.59 Å². The maximum absolute atomic E-state index is 13.5. The van der Waals surface area contributed by atoms with Crippen LogP contribution in [0.4, 0.5) is 0 Å². The summed E-state index contributed by atoms with van der Waals surface area (Å²) < 4.78 is 17.7. The highest BCUT2D eigenvalue weighted by molar-refractivity contribution is 5.80. The van der Waals surface area contributed by atoms with Crippen LogP contribution in [-0.4, -0.2) is 99.6 Å². The molecule has 498 valence electrons. The Labute approximate surface area is 527 Å². The summed E-state index contributed by atoms with van der Waals surface area (Å²) in [6.07, 6.45) is 71.9. The molecule has 0 bridgehead atoms. The molecule has 1 heterocycles. The summed E-state index contributed by atoms with van der Waals surface area (Å²) in [7, 11) is 0. The molecule has 1 aliphatic rings. The molecular formula is C75H133NO10. The Hall–Kier alpha value is -3.16. The lowest BCUT2D eigenvalue weighted by Crippen LogP contribution is -2.61. The molecule has 8 atom stereocenters. The normalized spacial score (nSPS) is 18.8. The highest BCUT2D eigenvalue weighted by Gasteiger charge is 2.47. The second kappa shape index (κ2) is 62.1. The van der Waals surface area contributed by atoms with E-state index < -0.39 is 67.4 Å². The molecule has 0 aromatic carbocycles. The largest absolute Gasteiger partial charge is 0.454 e. The van der Waals surface area contributed by atoms with Crippen LogP contribution in [0.5, 0.6) is 0 Å². The SMILES string of the molecule is CCCCC/C=C\C/C=C\C/C=C\CCCCCCCCCCCCCCCC(O)C(=O)NC(COC1OC(CO)C(O)C(O)C1OC(=O)CCCCCCCC/C=C\C/C=C\C/C=C\CCCCC)C(O)/C=C/CCCCCCCCCCCC. The van der Waals surface area contributed by atoms with Crippen LogP contribution in [0.25, 0.3) is 0 Å². The van der Waals surface area contributed by atoms with Crippen molar-refractivity contribution in [2.75, 3.05) is 13.2 Å². The first-order valence-corrected chi connectivity index (χ1v) is 35.9. The van der Waals surface area contributed by atoms with E-state index in [0.717, 1.165) is 103 Å². The first-order chi connectivity index (χ1) is 42.2. The number of ether oxygens (including phenoxy) is 3. The van der Waals surface area contributed by atoms with E-state index in [0.29, 0.717) is 12.8 Å². The molecule has 6 N–H and O–H groups in total. The van der Waals surface area contributed by atoms with Crippen molar-refractivity contribution in [3.8, 4) is 0 Å². The van der Waals surface area contributed by atoms with Crippen molar-refractivity contribution in [3.05, 3.63) is 85.1 Å². The van der Waals surface area contributed by atoms with Gasteiger partial charge in [-0.05, 0) is 103 Å². The third kappa shape index (κ3) is 48.7. The third-order valence-corrected chi connectivity index (χ3v) is 16.5. The van der Waals surface area contributed by atoms with Crippen molar-refractivity contribution >= 4 is 11.9 Å². The van der Waals surface area contributed by atoms with Crippen molar-refractivity contribution in [2.24, 2.45) is 0 Å².